The van der Waals surface area contributed by atoms with E-state index in [0.29, 0.717) is 12.5 Å². The van der Waals surface area contributed by atoms with Crippen molar-refractivity contribution in [3.8, 4) is 0 Å². The van der Waals surface area contributed by atoms with Crippen LogP contribution in [0, 0.1) is 5.92 Å². The first-order valence-corrected chi connectivity index (χ1v) is 8.44. The summed E-state index contributed by atoms with van der Waals surface area (Å²) < 4.78 is 0. The van der Waals surface area contributed by atoms with Crippen molar-refractivity contribution in [2.45, 2.75) is 31.5 Å². The normalized spacial score (nSPS) is 23.9. The number of rotatable bonds is 4. The third kappa shape index (κ3) is 2.80. The van der Waals surface area contributed by atoms with Gasteiger partial charge in [-0.2, -0.15) is 0 Å². The van der Waals surface area contributed by atoms with Crippen LogP contribution in [0.3, 0.4) is 0 Å². The van der Waals surface area contributed by atoms with Gasteiger partial charge in [0.15, 0.2) is 0 Å². The second-order valence-corrected chi connectivity index (χ2v) is 6.59. The average Bonchev–Trinajstić information content (AvgIpc) is 3.45. The number of carbonyl (C=O) groups is 2. The van der Waals surface area contributed by atoms with E-state index >= 15 is 0 Å². The van der Waals surface area contributed by atoms with E-state index in [1.807, 2.05) is 60.7 Å². The van der Waals surface area contributed by atoms with Crippen LogP contribution in [0.5, 0.6) is 0 Å². The summed E-state index contributed by atoms with van der Waals surface area (Å²) in [7, 11) is 0. The monoisotopic (exact) mass is 320 g/mol. The molecule has 1 heterocycles. The number of benzene rings is 2. The Labute approximate surface area is 141 Å². The summed E-state index contributed by atoms with van der Waals surface area (Å²) in [5.41, 5.74) is 1.89. The number of piperazine rings is 1. The van der Waals surface area contributed by atoms with Crippen LogP contribution < -0.4 is 5.32 Å². The van der Waals surface area contributed by atoms with E-state index in [4.69, 9.17) is 0 Å². The minimum Gasteiger partial charge on any atom is -0.342 e. The smallest absolute Gasteiger partial charge is 0.248 e. The number of nitrogens with zero attached hydrogens (tertiary/aromatic N) is 1. The summed E-state index contributed by atoms with van der Waals surface area (Å²) in [5, 5.41) is 2.96. The Balaban J connectivity index is 1.69. The minimum absolute atomic E-state index is 0.0369. The molecule has 2 unspecified atom stereocenters. The molecule has 4 heteroatoms. The van der Waals surface area contributed by atoms with Gasteiger partial charge in [0.2, 0.25) is 11.8 Å². The molecule has 0 aromatic heterocycles. The number of nitrogens with one attached hydrogen (secondary N) is 1. The summed E-state index contributed by atoms with van der Waals surface area (Å²) in [5.74, 6) is 0.264. The summed E-state index contributed by atoms with van der Waals surface area (Å²) in [6.45, 7) is 0.454. The van der Waals surface area contributed by atoms with Crippen molar-refractivity contribution >= 4 is 11.8 Å². The molecule has 2 amide bonds. The largest absolute Gasteiger partial charge is 0.342 e. The van der Waals surface area contributed by atoms with Crippen LogP contribution >= 0.6 is 0 Å². The molecule has 0 radical (unpaired) electrons. The number of hydrogen-bond donors (Lipinski definition) is 1. The van der Waals surface area contributed by atoms with Crippen LogP contribution in [-0.4, -0.2) is 22.8 Å². The molecule has 122 valence electrons. The molecule has 24 heavy (non-hydrogen) atoms. The van der Waals surface area contributed by atoms with Crippen molar-refractivity contribution < 1.29 is 9.59 Å². The third-order valence-corrected chi connectivity index (χ3v) is 4.81. The Morgan fingerprint density at radius 2 is 1.54 bits per heavy atom. The molecule has 1 saturated heterocycles. The van der Waals surface area contributed by atoms with Gasteiger partial charge in [-0.3, -0.25) is 9.59 Å². The zero-order valence-electron chi connectivity index (χ0n) is 13.4. The lowest BCUT2D eigenvalue weighted by atomic mass is 9.97. The molecule has 2 aromatic carbocycles. The van der Waals surface area contributed by atoms with Gasteiger partial charge in [0.1, 0.15) is 12.1 Å². The Kier molecular flexibility index (Phi) is 3.81. The lowest BCUT2D eigenvalue weighted by Crippen LogP contribution is -2.59. The summed E-state index contributed by atoms with van der Waals surface area (Å²) >= 11 is 0. The van der Waals surface area contributed by atoms with Crippen molar-refractivity contribution in [3.05, 3.63) is 71.8 Å². The second kappa shape index (κ2) is 6.11. The van der Waals surface area contributed by atoms with Crippen molar-refractivity contribution in [3.63, 3.8) is 0 Å². The van der Waals surface area contributed by atoms with Crippen molar-refractivity contribution in [2.75, 3.05) is 0 Å². The molecule has 0 bridgehead atoms. The predicted octanol–water partition coefficient (Wildman–Crippen LogP) is 2.66. The molecule has 2 fully saturated rings. The molecule has 2 aromatic rings. The topological polar surface area (TPSA) is 49.4 Å². The molecule has 2 aliphatic rings. The van der Waals surface area contributed by atoms with Crippen molar-refractivity contribution in [1.82, 2.24) is 10.2 Å². The quantitative estimate of drug-likeness (QED) is 0.941. The van der Waals surface area contributed by atoms with E-state index in [0.717, 1.165) is 24.0 Å². The molecule has 1 aliphatic carbocycles. The van der Waals surface area contributed by atoms with Crippen molar-refractivity contribution in [2.24, 2.45) is 5.92 Å². The Morgan fingerprint density at radius 3 is 2.17 bits per heavy atom. The highest BCUT2D eigenvalue weighted by molar-refractivity contribution is 5.97. The number of amides is 2. The van der Waals surface area contributed by atoms with Gasteiger partial charge in [0.05, 0.1) is 0 Å². The molecule has 2 atom stereocenters. The van der Waals surface area contributed by atoms with E-state index < -0.39 is 6.04 Å². The van der Waals surface area contributed by atoms with Gasteiger partial charge in [0, 0.05) is 6.54 Å². The number of carbonyl (C=O) groups excluding carboxylic acids is 2. The average molecular weight is 320 g/mol. The van der Waals surface area contributed by atoms with E-state index in [1.165, 1.54) is 0 Å². The first kappa shape index (κ1) is 14.9. The molecule has 1 saturated carbocycles. The Morgan fingerprint density at radius 1 is 0.917 bits per heavy atom. The Bertz CT molecular complexity index is 741. The van der Waals surface area contributed by atoms with Crippen LogP contribution in [0.25, 0.3) is 0 Å². The highest BCUT2D eigenvalue weighted by atomic mass is 16.2. The SMILES string of the molecule is O=C1NC(C2CC2)C(=O)N(Cc2ccccc2)C1c1ccccc1. The number of hydrogen-bond acceptors (Lipinski definition) is 2. The molecule has 4 rings (SSSR count). The van der Waals surface area contributed by atoms with Crippen LogP contribution in [0.15, 0.2) is 60.7 Å². The molecular weight excluding hydrogens is 300 g/mol. The molecular formula is C20H20N2O2. The van der Waals surface area contributed by atoms with Gasteiger partial charge in [-0.25, -0.2) is 0 Å². The van der Waals surface area contributed by atoms with E-state index in [1.54, 1.807) is 4.90 Å². The maximum atomic E-state index is 13.1. The highest BCUT2D eigenvalue weighted by Crippen LogP contribution is 2.37. The van der Waals surface area contributed by atoms with Gasteiger partial charge in [-0.15, -0.1) is 0 Å². The third-order valence-electron chi connectivity index (χ3n) is 4.81. The van der Waals surface area contributed by atoms with Gasteiger partial charge >= 0.3 is 0 Å². The standard InChI is InChI=1S/C20H20N2O2/c23-19-18(16-9-5-2-6-10-16)22(13-14-7-3-1-4-8-14)20(24)17(21-19)15-11-12-15/h1-10,15,17-18H,11-13H2,(H,21,23). The fourth-order valence-corrected chi connectivity index (χ4v) is 3.41. The fourth-order valence-electron chi connectivity index (χ4n) is 3.41. The van der Waals surface area contributed by atoms with Crippen LogP contribution in [0.1, 0.15) is 30.0 Å². The maximum absolute atomic E-state index is 13.1. The lowest BCUT2D eigenvalue weighted by Gasteiger charge is -2.39. The minimum atomic E-state index is -0.561. The van der Waals surface area contributed by atoms with Crippen molar-refractivity contribution in [1.29, 1.82) is 0 Å². The summed E-state index contributed by atoms with van der Waals surface area (Å²) in [4.78, 5) is 27.6. The first-order chi connectivity index (χ1) is 11.7. The molecule has 4 nitrogen and oxygen atoms in total. The predicted molar refractivity (Wildman–Crippen MR) is 90.8 cm³/mol. The van der Waals surface area contributed by atoms with Crippen LogP contribution in [0.4, 0.5) is 0 Å². The van der Waals surface area contributed by atoms with Gasteiger partial charge in [-0.1, -0.05) is 60.7 Å². The summed E-state index contributed by atoms with van der Waals surface area (Å²) in [6, 6.07) is 18.5. The highest BCUT2D eigenvalue weighted by Gasteiger charge is 2.47. The zero-order chi connectivity index (χ0) is 16.5. The fraction of sp³-hybridized carbons (Fsp3) is 0.300. The summed E-state index contributed by atoms with van der Waals surface area (Å²) in [6.07, 6.45) is 2.04. The van der Waals surface area contributed by atoms with E-state index in [9.17, 15) is 9.59 Å². The lowest BCUT2D eigenvalue weighted by molar-refractivity contribution is -0.151. The molecule has 1 N–H and O–H groups in total. The molecule has 0 spiro atoms. The Hall–Kier alpha value is -2.62. The molecule has 1 aliphatic heterocycles. The van der Waals surface area contributed by atoms with Gasteiger partial charge in [-0.05, 0) is 29.9 Å². The maximum Gasteiger partial charge on any atom is 0.248 e. The first-order valence-electron chi connectivity index (χ1n) is 8.44. The van der Waals surface area contributed by atoms with E-state index in [2.05, 4.69) is 5.32 Å². The van der Waals surface area contributed by atoms with Crippen LogP contribution in [0.2, 0.25) is 0 Å². The zero-order valence-corrected chi connectivity index (χ0v) is 13.4. The van der Waals surface area contributed by atoms with Crippen LogP contribution in [-0.2, 0) is 16.1 Å². The van der Waals surface area contributed by atoms with Gasteiger partial charge in [0.25, 0.3) is 0 Å². The van der Waals surface area contributed by atoms with Gasteiger partial charge < -0.3 is 10.2 Å². The second-order valence-electron chi connectivity index (χ2n) is 6.59. The van der Waals surface area contributed by atoms with E-state index in [-0.39, 0.29) is 17.9 Å².